The minimum absolute atomic E-state index is 0.129. The molecule has 3 nitrogen and oxygen atoms in total. The van der Waals surface area contributed by atoms with Crippen LogP contribution in [0.1, 0.15) is 38.5 Å². The minimum Gasteiger partial charge on any atom is -0.351 e. The van der Waals surface area contributed by atoms with E-state index in [0.717, 1.165) is 19.4 Å². The molecule has 0 bridgehead atoms. The number of halogens is 2. The Kier molecular flexibility index (Phi) is 3.37. The molecule has 1 saturated carbocycles. The van der Waals surface area contributed by atoms with Gasteiger partial charge in [0.05, 0.1) is 6.20 Å². The van der Waals surface area contributed by atoms with E-state index in [2.05, 4.69) is 14.9 Å². The molecule has 3 rings (SSSR count). The first-order valence-corrected chi connectivity index (χ1v) is 7.08. The van der Waals surface area contributed by atoms with Gasteiger partial charge in [-0.2, -0.15) is 4.98 Å². The van der Waals surface area contributed by atoms with Gasteiger partial charge in [-0.3, -0.25) is 0 Å². The number of hydrogen-bond acceptors (Lipinski definition) is 3. The molecule has 18 heavy (non-hydrogen) atoms. The summed E-state index contributed by atoms with van der Waals surface area (Å²) in [5.74, 6) is 0.734. The van der Waals surface area contributed by atoms with Gasteiger partial charge in [0.2, 0.25) is 5.28 Å². The van der Waals surface area contributed by atoms with Gasteiger partial charge in [0, 0.05) is 12.6 Å². The molecule has 0 amide bonds. The van der Waals surface area contributed by atoms with E-state index >= 15 is 0 Å². The van der Waals surface area contributed by atoms with Crippen molar-refractivity contribution >= 4 is 17.4 Å². The van der Waals surface area contributed by atoms with Crippen molar-refractivity contribution in [2.45, 2.75) is 44.6 Å². The quantitative estimate of drug-likeness (QED) is 0.732. The maximum atomic E-state index is 13.9. The molecule has 98 valence electrons. The van der Waals surface area contributed by atoms with E-state index in [1.54, 1.807) is 0 Å². The molecule has 1 aliphatic carbocycles. The molecule has 1 aliphatic heterocycles. The van der Waals surface area contributed by atoms with Crippen LogP contribution in [-0.4, -0.2) is 22.6 Å². The molecule has 0 N–H and O–H groups in total. The van der Waals surface area contributed by atoms with Crippen LogP contribution in [0.15, 0.2) is 6.20 Å². The largest absolute Gasteiger partial charge is 0.351 e. The third kappa shape index (κ3) is 2.18. The van der Waals surface area contributed by atoms with Gasteiger partial charge < -0.3 is 4.90 Å². The smallest absolute Gasteiger partial charge is 0.224 e. The average Bonchev–Trinajstić information content (AvgIpc) is 2.41. The first-order valence-electron chi connectivity index (χ1n) is 6.70. The summed E-state index contributed by atoms with van der Waals surface area (Å²) in [6.07, 6.45) is 8.51. The Bertz CT molecular complexity index is 438. The van der Waals surface area contributed by atoms with Crippen LogP contribution in [-0.2, 0) is 0 Å². The number of aromatic nitrogens is 2. The van der Waals surface area contributed by atoms with Gasteiger partial charge in [-0.05, 0) is 43.2 Å². The maximum absolute atomic E-state index is 13.9. The van der Waals surface area contributed by atoms with E-state index in [0.29, 0.717) is 17.8 Å². The molecule has 2 atom stereocenters. The molecule has 5 heteroatoms. The van der Waals surface area contributed by atoms with Crippen LogP contribution in [0, 0.1) is 11.7 Å². The monoisotopic (exact) mass is 269 g/mol. The second-order valence-electron chi connectivity index (χ2n) is 5.26. The Morgan fingerprint density at radius 3 is 2.89 bits per heavy atom. The van der Waals surface area contributed by atoms with Gasteiger partial charge in [0.15, 0.2) is 11.6 Å². The summed E-state index contributed by atoms with van der Waals surface area (Å²) in [7, 11) is 0. The molecule has 1 aromatic heterocycles. The Labute approximate surface area is 111 Å². The predicted octanol–water partition coefficient (Wildman–Crippen LogP) is 3.43. The normalized spacial score (nSPS) is 28.0. The second kappa shape index (κ2) is 5.00. The molecule has 0 aromatic carbocycles. The summed E-state index contributed by atoms with van der Waals surface area (Å²) in [4.78, 5) is 9.90. The fourth-order valence-corrected chi connectivity index (χ4v) is 3.56. The minimum atomic E-state index is -0.356. The lowest BCUT2D eigenvalue weighted by atomic mass is 9.78. The SMILES string of the molecule is Fc1cnc(Cl)nc1N1CCC[C@H]2CCCC[C@H]21. The number of piperidine rings is 1. The molecule has 0 radical (unpaired) electrons. The molecular formula is C13H17ClFN3. The Morgan fingerprint density at radius 1 is 1.22 bits per heavy atom. The van der Waals surface area contributed by atoms with Gasteiger partial charge >= 0.3 is 0 Å². The zero-order valence-electron chi connectivity index (χ0n) is 10.3. The number of rotatable bonds is 1. The summed E-state index contributed by atoms with van der Waals surface area (Å²) in [6, 6.07) is 0.438. The van der Waals surface area contributed by atoms with E-state index in [9.17, 15) is 4.39 Å². The summed E-state index contributed by atoms with van der Waals surface area (Å²) >= 11 is 5.80. The van der Waals surface area contributed by atoms with Crippen molar-refractivity contribution in [3.63, 3.8) is 0 Å². The molecular weight excluding hydrogens is 253 g/mol. The zero-order valence-corrected chi connectivity index (χ0v) is 11.0. The van der Waals surface area contributed by atoms with Crippen LogP contribution in [0.4, 0.5) is 10.2 Å². The highest BCUT2D eigenvalue weighted by Gasteiger charge is 2.35. The van der Waals surface area contributed by atoms with E-state index in [-0.39, 0.29) is 11.1 Å². The van der Waals surface area contributed by atoms with Crippen molar-refractivity contribution in [2.75, 3.05) is 11.4 Å². The molecule has 0 spiro atoms. The van der Waals surface area contributed by atoms with Crippen LogP contribution in [0.3, 0.4) is 0 Å². The molecule has 1 aromatic rings. The van der Waals surface area contributed by atoms with Crippen molar-refractivity contribution in [2.24, 2.45) is 5.92 Å². The van der Waals surface area contributed by atoms with E-state index in [1.807, 2.05) is 0 Å². The van der Waals surface area contributed by atoms with Crippen molar-refractivity contribution in [3.05, 3.63) is 17.3 Å². The van der Waals surface area contributed by atoms with Crippen LogP contribution in [0.25, 0.3) is 0 Å². The zero-order chi connectivity index (χ0) is 12.5. The van der Waals surface area contributed by atoms with Crippen molar-refractivity contribution in [1.29, 1.82) is 0 Å². The second-order valence-corrected chi connectivity index (χ2v) is 5.60. The first kappa shape index (κ1) is 12.2. The van der Waals surface area contributed by atoms with E-state index in [1.165, 1.54) is 31.9 Å². The lowest BCUT2D eigenvalue weighted by Crippen LogP contribution is -2.47. The van der Waals surface area contributed by atoms with Crippen LogP contribution < -0.4 is 4.90 Å². The average molecular weight is 270 g/mol. The Balaban J connectivity index is 1.91. The lowest BCUT2D eigenvalue weighted by Gasteiger charge is -2.44. The van der Waals surface area contributed by atoms with Crippen LogP contribution in [0.2, 0.25) is 5.28 Å². The fraction of sp³-hybridized carbons (Fsp3) is 0.692. The third-order valence-electron chi connectivity index (χ3n) is 4.21. The van der Waals surface area contributed by atoms with Crippen molar-refractivity contribution < 1.29 is 4.39 Å². The molecule has 1 saturated heterocycles. The fourth-order valence-electron chi connectivity index (χ4n) is 3.43. The predicted molar refractivity (Wildman–Crippen MR) is 69.3 cm³/mol. The van der Waals surface area contributed by atoms with Gasteiger partial charge in [-0.25, -0.2) is 9.37 Å². The molecule has 2 fully saturated rings. The molecule has 2 heterocycles. The summed E-state index contributed by atoms with van der Waals surface area (Å²) in [5.41, 5.74) is 0. The Hall–Kier alpha value is -0.900. The lowest BCUT2D eigenvalue weighted by molar-refractivity contribution is 0.241. The number of fused-ring (bicyclic) bond motifs is 1. The maximum Gasteiger partial charge on any atom is 0.224 e. The van der Waals surface area contributed by atoms with E-state index < -0.39 is 0 Å². The summed E-state index contributed by atoms with van der Waals surface area (Å²) in [5, 5.41) is 0.129. The standard InChI is InChI=1S/C13H17ClFN3/c14-13-16-8-10(15)12(17-13)18-7-3-5-9-4-1-2-6-11(9)18/h8-9,11H,1-7H2/t9-,11-/m1/s1. The van der Waals surface area contributed by atoms with Gasteiger partial charge in [0.25, 0.3) is 0 Å². The summed E-state index contributed by atoms with van der Waals surface area (Å²) in [6.45, 7) is 0.880. The third-order valence-corrected chi connectivity index (χ3v) is 4.39. The van der Waals surface area contributed by atoms with Gasteiger partial charge in [-0.1, -0.05) is 12.8 Å². The highest BCUT2D eigenvalue weighted by atomic mass is 35.5. The summed E-state index contributed by atoms with van der Waals surface area (Å²) < 4.78 is 13.9. The number of anilines is 1. The molecule has 2 aliphatic rings. The topological polar surface area (TPSA) is 29.0 Å². The highest BCUT2D eigenvalue weighted by Crippen LogP contribution is 2.37. The number of nitrogens with zero attached hydrogens (tertiary/aromatic N) is 3. The van der Waals surface area contributed by atoms with Gasteiger partial charge in [0.1, 0.15) is 0 Å². The Morgan fingerprint density at radius 2 is 2.00 bits per heavy atom. The van der Waals surface area contributed by atoms with Crippen LogP contribution >= 0.6 is 11.6 Å². The van der Waals surface area contributed by atoms with Crippen LogP contribution in [0.5, 0.6) is 0 Å². The highest BCUT2D eigenvalue weighted by molar-refractivity contribution is 6.28. The van der Waals surface area contributed by atoms with E-state index in [4.69, 9.17) is 11.6 Å². The van der Waals surface area contributed by atoms with Crippen molar-refractivity contribution in [3.8, 4) is 0 Å². The molecule has 0 unspecified atom stereocenters. The number of hydrogen-bond donors (Lipinski definition) is 0. The van der Waals surface area contributed by atoms with Gasteiger partial charge in [-0.15, -0.1) is 0 Å². The van der Waals surface area contributed by atoms with Crippen molar-refractivity contribution in [1.82, 2.24) is 9.97 Å². The first-order chi connectivity index (χ1) is 8.75.